The second-order valence-electron chi connectivity index (χ2n) is 5.82. The van der Waals surface area contributed by atoms with E-state index in [2.05, 4.69) is 23.7 Å². The zero-order valence-electron chi connectivity index (χ0n) is 14.0. The van der Waals surface area contributed by atoms with Crippen LogP contribution < -0.4 is 0 Å². The van der Waals surface area contributed by atoms with Crippen molar-refractivity contribution in [2.45, 2.75) is 26.9 Å². The van der Waals surface area contributed by atoms with E-state index in [0.29, 0.717) is 11.1 Å². The van der Waals surface area contributed by atoms with Crippen molar-refractivity contribution in [1.82, 2.24) is 14.8 Å². The van der Waals surface area contributed by atoms with Gasteiger partial charge < -0.3 is 0 Å². The molecule has 2 aromatic rings. The van der Waals surface area contributed by atoms with Crippen LogP contribution in [0.25, 0.3) is 0 Å². The molecule has 0 fully saturated rings. The second kappa shape index (κ2) is 6.93. The molecule has 24 heavy (non-hydrogen) atoms. The number of fused-ring (bicyclic) bond motifs is 1. The standard InChI is InChI=1S/C19H21N3O2/c1-3-21(4-2)12-14-8-7-9-15(20-14)13-22-18(23)16-10-5-6-11-17(16)19(22)24/h5-11H,3-4,12-13H2,1-2H3. The van der Waals surface area contributed by atoms with Crippen LogP contribution >= 0.6 is 0 Å². The summed E-state index contributed by atoms with van der Waals surface area (Å²) < 4.78 is 0. The van der Waals surface area contributed by atoms with Crippen molar-refractivity contribution in [3.63, 3.8) is 0 Å². The summed E-state index contributed by atoms with van der Waals surface area (Å²) in [6.45, 7) is 7.13. The Morgan fingerprint density at radius 1 is 0.875 bits per heavy atom. The molecule has 1 aliphatic heterocycles. The number of hydrogen-bond donors (Lipinski definition) is 0. The number of pyridine rings is 1. The summed E-state index contributed by atoms with van der Waals surface area (Å²) in [6, 6.07) is 12.7. The van der Waals surface area contributed by atoms with E-state index < -0.39 is 0 Å². The van der Waals surface area contributed by atoms with Crippen LogP contribution in [0, 0.1) is 0 Å². The Morgan fingerprint density at radius 2 is 1.46 bits per heavy atom. The minimum absolute atomic E-state index is 0.207. The maximum Gasteiger partial charge on any atom is 0.261 e. The van der Waals surface area contributed by atoms with Crippen molar-refractivity contribution >= 4 is 11.8 Å². The van der Waals surface area contributed by atoms with E-state index in [1.165, 1.54) is 4.90 Å². The van der Waals surface area contributed by atoms with Crippen LogP contribution in [-0.2, 0) is 13.1 Å². The third kappa shape index (κ3) is 3.08. The van der Waals surface area contributed by atoms with Gasteiger partial charge in [0.1, 0.15) is 0 Å². The lowest BCUT2D eigenvalue weighted by Crippen LogP contribution is -2.29. The third-order valence-corrected chi connectivity index (χ3v) is 4.34. The molecule has 1 aliphatic rings. The number of hydrogen-bond acceptors (Lipinski definition) is 4. The normalized spacial score (nSPS) is 13.7. The highest BCUT2D eigenvalue weighted by Gasteiger charge is 2.35. The maximum atomic E-state index is 12.4. The summed E-state index contributed by atoms with van der Waals surface area (Å²) >= 11 is 0. The van der Waals surface area contributed by atoms with E-state index in [4.69, 9.17) is 0 Å². The minimum Gasteiger partial charge on any atom is -0.298 e. The highest BCUT2D eigenvalue weighted by molar-refractivity contribution is 6.21. The van der Waals surface area contributed by atoms with Crippen LogP contribution in [0.2, 0.25) is 0 Å². The molecule has 0 aliphatic carbocycles. The number of rotatable bonds is 6. The van der Waals surface area contributed by atoms with Crippen LogP contribution in [-0.4, -0.2) is 39.7 Å². The van der Waals surface area contributed by atoms with Gasteiger partial charge in [-0.2, -0.15) is 0 Å². The zero-order valence-corrected chi connectivity index (χ0v) is 14.0. The summed E-state index contributed by atoms with van der Waals surface area (Å²) in [5.41, 5.74) is 2.63. The van der Waals surface area contributed by atoms with Crippen molar-refractivity contribution in [2.75, 3.05) is 13.1 Å². The van der Waals surface area contributed by atoms with Gasteiger partial charge in [-0.15, -0.1) is 0 Å². The molecule has 5 nitrogen and oxygen atoms in total. The van der Waals surface area contributed by atoms with Crippen LogP contribution in [0.3, 0.4) is 0 Å². The summed E-state index contributed by atoms with van der Waals surface area (Å²) in [6.07, 6.45) is 0. The Balaban J connectivity index is 1.78. The van der Waals surface area contributed by atoms with Crippen LogP contribution in [0.5, 0.6) is 0 Å². The summed E-state index contributed by atoms with van der Waals surface area (Å²) in [7, 11) is 0. The molecule has 3 rings (SSSR count). The molecule has 0 bridgehead atoms. The van der Waals surface area contributed by atoms with Crippen molar-refractivity contribution in [3.8, 4) is 0 Å². The van der Waals surface area contributed by atoms with E-state index in [0.717, 1.165) is 31.0 Å². The van der Waals surface area contributed by atoms with Crippen molar-refractivity contribution < 1.29 is 9.59 Å². The number of carbonyl (C=O) groups is 2. The Bertz CT molecular complexity index is 734. The van der Waals surface area contributed by atoms with Gasteiger partial charge in [-0.25, -0.2) is 0 Å². The fourth-order valence-corrected chi connectivity index (χ4v) is 2.93. The Labute approximate surface area is 141 Å². The maximum absolute atomic E-state index is 12.4. The van der Waals surface area contributed by atoms with E-state index in [1.54, 1.807) is 24.3 Å². The summed E-state index contributed by atoms with van der Waals surface area (Å²) in [5.74, 6) is -0.488. The van der Waals surface area contributed by atoms with Gasteiger partial charge in [0.25, 0.3) is 11.8 Å². The molecule has 1 aromatic carbocycles. The molecule has 5 heteroatoms. The number of amides is 2. The highest BCUT2D eigenvalue weighted by atomic mass is 16.2. The molecule has 0 atom stereocenters. The lowest BCUT2D eigenvalue weighted by molar-refractivity contribution is 0.0640. The molecule has 0 saturated heterocycles. The first-order valence-corrected chi connectivity index (χ1v) is 8.26. The molecule has 0 unspecified atom stereocenters. The second-order valence-corrected chi connectivity index (χ2v) is 5.82. The number of aromatic nitrogens is 1. The molecule has 124 valence electrons. The highest BCUT2D eigenvalue weighted by Crippen LogP contribution is 2.23. The molecule has 2 heterocycles. The zero-order chi connectivity index (χ0) is 17.1. The number of nitrogens with zero attached hydrogens (tertiary/aromatic N) is 3. The average Bonchev–Trinajstić information content (AvgIpc) is 2.85. The van der Waals surface area contributed by atoms with Gasteiger partial charge in [0, 0.05) is 6.54 Å². The average molecular weight is 323 g/mol. The first-order valence-electron chi connectivity index (χ1n) is 8.26. The van der Waals surface area contributed by atoms with Crippen LogP contribution in [0.1, 0.15) is 46.0 Å². The molecule has 1 aromatic heterocycles. The van der Waals surface area contributed by atoms with Gasteiger partial charge in [0.15, 0.2) is 0 Å². The Kier molecular flexibility index (Phi) is 4.71. The van der Waals surface area contributed by atoms with Crippen molar-refractivity contribution in [1.29, 1.82) is 0 Å². The predicted molar refractivity (Wildman–Crippen MR) is 91.5 cm³/mol. The minimum atomic E-state index is -0.244. The largest absolute Gasteiger partial charge is 0.298 e. The Hall–Kier alpha value is -2.53. The van der Waals surface area contributed by atoms with Gasteiger partial charge in [-0.3, -0.25) is 24.4 Å². The van der Waals surface area contributed by atoms with Gasteiger partial charge >= 0.3 is 0 Å². The quantitative estimate of drug-likeness (QED) is 0.767. The van der Waals surface area contributed by atoms with Crippen molar-refractivity contribution in [2.24, 2.45) is 0 Å². The number of imide groups is 1. The molecule has 0 N–H and O–H groups in total. The van der Waals surface area contributed by atoms with Crippen LogP contribution in [0.15, 0.2) is 42.5 Å². The molecule has 0 spiro atoms. The van der Waals surface area contributed by atoms with Crippen molar-refractivity contribution in [3.05, 3.63) is 65.0 Å². The number of carbonyl (C=O) groups excluding carboxylic acids is 2. The van der Waals surface area contributed by atoms with E-state index in [1.807, 2.05) is 18.2 Å². The third-order valence-electron chi connectivity index (χ3n) is 4.34. The van der Waals surface area contributed by atoms with E-state index in [9.17, 15) is 9.59 Å². The molecular formula is C19H21N3O2. The molecular weight excluding hydrogens is 302 g/mol. The molecule has 2 amide bonds. The smallest absolute Gasteiger partial charge is 0.261 e. The predicted octanol–water partition coefficient (Wildman–Crippen LogP) is 2.72. The topological polar surface area (TPSA) is 53.5 Å². The number of benzene rings is 1. The van der Waals surface area contributed by atoms with Gasteiger partial charge in [0.2, 0.25) is 0 Å². The van der Waals surface area contributed by atoms with Crippen LogP contribution in [0.4, 0.5) is 0 Å². The van der Waals surface area contributed by atoms with Gasteiger partial charge in [-0.05, 0) is 37.4 Å². The van der Waals surface area contributed by atoms with E-state index >= 15 is 0 Å². The van der Waals surface area contributed by atoms with E-state index in [-0.39, 0.29) is 18.4 Å². The fraction of sp³-hybridized carbons (Fsp3) is 0.316. The lowest BCUT2D eigenvalue weighted by atomic mass is 10.1. The summed E-state index contributed by atoms with van der Waals surface area (Å²) in [4.78, 5) is 33.0. The monoisotopic (exact) mass is 323 g/mol. The Morgan fingerprint density at radius 3 is 2.04 bits per heavy atom. The first kappa shape index (κ1) is 16.3. The van der Waals surface area contributed by atoms with Gasteiger partial charge in [-0.1, -0.05) is 32.0 Å². The van der Waals surface area contributed by atoms with Gasteiger partial charge in [0.05, 0.1) is 29.1 Å². The fourth-order valence-electron chi connectivity index (χ4n) is 2.93. The summed E-state index contributed by atoms with van der Waals surface area (Å²) in [5, 5.41) is 0. The first-order chi connectivity index (χ1) is 11.6. The molecule has 0 radical (unpaired) electrons. The molecule has 0 saturated carbocycles. The lowest BCUT2D eigenvalue weighted by Gasteiger charge is -2.18. The SMILES string of the molecule is CCN(CC)Cc1cccc(CN2C(=O)c3ccccc3C2=O)n1.